The maximum Gasteiger partial charge on any atom is 0.249 e. The van der Waals surface area contributed by atoms with Crippen LogP contribution in [0.15, 0.2) is 0 Å². The van der Waals surface area contributed by atoms with Crippen LogP contribution in [0.25, 0.3) is 0 Å². The average molecular weight is 276 g/mol. The summed E-state index contributed by atoms with van der Waals surface area (Å²) in [5.41, 5.74) is 15.7. The lowest BCUT2D eigenvalue weighted by Crippen LogP contribution is -2.26. The summed E-state index contributed by atoms with van der Waals surface area (Å²) in [6.07, 6.45) is 2.97. The van der Waals surface area contributed by atoms with Gasteiger partial charge >= 0.3 is 0 Å². The van der Waals surface area contributed by atoms with Crippen LogP contribution in [0.5, 0.6) is 0 Å². The molecule has 0 heterocycles. The van der Waals surface area contributed by atoms with E-state index in [0.717, 1.165) is 35.1 Å². The Kier molecular flexibility index (Phi) is 5.31. The predicted octanol–water partition coefficient (Wildman–Crippen LogP) is 2.13. The van der Waals surface area contributed by atoms with Crippen molar-refractivity contribution < 1.29 is 9.59 Å². The molecule has 0 saturated carbocycles. The van der Waals surface area contributed by atoms with Crippen molar-refractivity contribution in [2.45, 2.75) is 53.4 Å². The zero-order valence-electron chi connectivity index (χ0n) is 12.8. The van der Waals surface area contributed by atoms with Gasteiger partial charge in [0.05, 0.1) is 11.1 Å². The van der Waals surface area contributed by atoms with Crippen LogP contribution in [0.1, 0.15) is 70.7 Å². The first-order valence-electron chi connectivity index (χ1n) is 7.23. The van der Waals surface area contributed by atoms with Crippen LogP contribution >= 0.6 is 0 Å². The fourth-order valence-electron chi connectivity index (χ4n) is 3.15. The number of carbonyl (C=O) groups is 2. The summed E-state index contributed by atoms with van der Waals surface area (Å²) in [5, 5.41) is 0. The van der Waals surface area contributed by atoms with E-state index in [2.05, 4.69) is 13.8 Å². The normalized spacial score (nSPS) is 10.6. The van der Waals surface area contributed by atoms with Crippen LogP contribution < -0.4 is 11.5 Å². The van der Waals surface area contributed by atoms with E-state index in [1.807, 2.05) is 13.8 Å². The summed E-state index contributed by atoms with van der Waals surface area (Å²) in [6, 6.07) is 0. The first-order chi connectivity index (χ1) is 9.44. The van der Waals surface area contributed by atoms with Crippen molar-refractivity contribution in [2.75, 3.05) is 0 Å². The third-order valence-electron chi connectivity index (χ3n) is 3.85. The third kappa shape index (κ3) is 2.55. The Morgan fingerprint density at radius 1 is 0.650 bits per heavy atom. The summed E-state index contributed by atoms with van der Waals surface area (Å²) >= 11 is 0. The molecule has 4 N–H and O–H groups in total. The summed E-state index contributed by atoms with van der Waals surface area (Å²) in [6.45, 7) is 8.05. The Morgan fingerprint density at radius 3 is 1.05 bits per heavy atom. The second-order valence-electron chi connectivity index (χ2n) is 4.81. The zero-order chi connectivity index (χ0) is 15.4. The molecular formula is C16H24N2O2. The monoisotopic (exact) mass is 276 g/mol. The Labute approximate surface area is 120 Å². The third-order valence-corrected chi connectivity index (χ3v) is 3.85. The largest absolute Gasteiger partial charge is 0.366 e. The van der Waals surface area contributed by atoms with Gasteiger partial charge < -0.3 is 11.5 Å². The van der Waals surface area contributed by atoms with Crippen LogP contribution in [-0.2, 0) is 25.7 Å². The highest BCUT2D eigenvalue weighted by atomic mass is 16.2. The van der Waals surface area contributed by atoms with Crippen molar-refractivity contribution in [3.63, 3.8) is 0 Å². The van der Waals surface area contributed by atoms with Crippen LogP contribution in [-0.4, -0.2) is 11.8 Å². The van der Waals surface area contributed by atoms with Crippen molar-refractivity contribution >= 4 is 11.8 Å². The lowest BCUT2D eigenvalue weighted by atomic mass is 9.82. The van der Waals surface area contributed by atoms with Gasteiger partial charge in [0.15, 0.2) is 0 Å². The molecule has 0 spiro atoms. The van der Waals surface area contributed by atoms with E-state index < -0.39 is 11.8 Å². The number of hydrogen-bond donors (Lipinski definition) is 2. The lowest BCUT2D eigenvalue weighted by molar-refractivity contribution is 0.0965. The van der Waals surface area contributed by atoms with Crippen LogP contribution in [0, 0.1) is 0 Å². The van der Waals surface area contributed by atoms with E-state index in [9.17, 15) is 9.59 Å². The van der Waals surface area contributed by atoms with Crippen LogP contribution in [0.4, 0.5) is 0 Å². The fourth-order valence-corrected chi connectivity index (χ4v) is 3.15. The molecule has 1 aromatic carbocycles. The van der Waals surface area contributed by atoms with E-state index in [1.54, 1.807) is 0 Å². The molecule has 1 aromatic rings. The molecule has 0 bridgehead atoms. The first-order valence-corrected chi connectivity index (χ1v) is 7.23. The van der Waals surface area contributed by atoms with Crippen molar-refractivity contribution in [1.82, 2.24) is 0 Å². The number of carbonyl (C=O) groups excluding carboxylic acids is 2. The highest BCUT2D eigenvalue weighted by Gasteiger charge is 2.25. The quantitative estimate of drug-likeness (QED) is 0.834. The van der Waals surface area contributed by atoms with Gasteiger partial charge in [-0.2, -0.15) is 0 Å². The van der Waals surface area contributed by atoms with Gasteiger partial charge in [0, 0.05) is 0 Å². The lowest BCUT2D eigenvalue weighted by Gasteiger charge is -2.22. The first kappa shape index (κ1) is 16.2. The molecule has 0 saturated heterocycles. The number of nitrogens with two attached hydrogens (primary N) is 2. The minimum atomic E-state index is -0.567. The van der Waals surface area contributed by atoms with Gasteiger partial charge in [-0.3, -0.25) is 9.59 Å². The number of benzene rings is 1. The second-order valence-corrected chi connectivity index (χ2v) is 4.81. The fraction of sp³-hybridized carbons (Fsp3) is 0.500. The highest BCUT2D eigenvalue weighted by molar-refractivity contribution is 6.08. The van der Waals surface area contributed by atoms with Gasteiger partial charge in [0.1, 0.15) is 0 Å². The molecule has 4 nitrogen and oxygen atoms in total. The maximum absolute atomic E-state index is 11.9. The molecule has 1 rings (SSSR count). The highest BCUT2D eigenvalue weighted by Crippen LogP contribution is 2.30. The Bertz CT molecular complexity index is 499. The molecule has 110 valence electrons. The predicted molar refractivity (Wildman–Crippen MR) is 81.0 cm³/mol. The van der Waals surface area contributed by atoms with Gasteiger partial charge in [-0.05, 0) is 47.9 Å². The van der Waals surface area contributed by atoms with Crippen LogP contribution in [0.3, 0.4) is 0 Å². The number of amides is 2. The molecule has 4 heteroatoms. The Balaban J connectivity index is 3.99. The van der Waals surface area contributed by atoms with Gasteiger partial charge in [0.2, 0.25) is 11.8 Å². The molecule has 0 aliphatic carbocycles. The van der Waals surface area contributed by atoms with Gasteiger partial charge in [-0.25, -0.2) is 0 Å². The Hall–Kier alpha value is -1.84. The maximum atomic E-state index is 11.9. The van der Waals surface area contributed by atoms with E-state index in [4.69, 9.17) is 11.5 Å². The van der Waals surface area contributed by atoms with Crippen molar-refractivity contribution in [3.8, 4) is 0 Å². The average Bonchev–Trinajstić information content (AvgIpc) is 2.42. The number of hydrogen-bond acceptors (Lipinski definition) is 2. The van der Waals surface area contributed by atoms with E-state index in [-0.39, 0.29) is 0 Å². The minimum Gasteiger partial charge on any atom is -0.366 e. The molecule has 2 amide bonds. The molecule has 0 radical (unpaired) electrons. The zero-order valence-corrected chi connectivity index (χ0v) is 12.8. The summed E-state index contributed by atoms with van der Waals surface area (Å²) in [7, 11) is 0. The van der Waals surface area contributed by atoms with E-state index in [0.29, 0.717) is 24.0 Å². The summed E-state index contributed by atoms with van der Waals surface area (Å²) in [4.78, 5) is 23.7. The molecule has 0 aliphatic heterocycles. The summed E-state index contributed by atoms with van der Waals surface area (Å²) < 4.78 is 0. The van der Waals surface area contributed by atoms with Crippen molar-refractivity contribution in [2.24, 2.45) is 11.5 Å². The van der Waals surface area contributed by atoms with E-state index in [1.165, 1.54) is 0 Å². The second kappa shape index (κ2) is 6.55. The molecule has 0 aliphatic rings. The van der Waals surface area contributed by atoms with E-state index >= 15 is 0 Å². The number of primary amides is 2. The molecule has 0 atom stereocenters. The number of rotatable bonds is 6. The molecule has 0 fully saturated rings. The molecule has 20 heavy (non-hydrogen) atoms. The van der Waals surface area contributed by atoms with Gasteiger partial charge in [-0.1, -0.05) is 27.7 Å². The van der Waals surface area contributed by atoms with Gasteiger partial charge in [-0.15, -0.1) is 0 Å². The smallest absolute Gasteiger partial charge is 0.249 e. The van der Waals surface area contributed by atoms with Crippen LogP contribution in [0.2, 0.25) is 0 Å². The SMILES string of the molecule is CCc1c(CC)c(CC)c(C(N)=O)c(C(N)=O)c1CC. The molecular weight excluding hydrogens is 252 g/mol. The summed E-state index contributed by atoms with van der Waals surface area (Å²) in [5.74, 6) is -1.13. The Morgan fingerprint density at radius 2 is 0.900 bits per heavy atom. The van der Waals surface area contributed by atoms with Crippen molar-refractivity contribution in [3.05, 3.63) is 33.4 Å². The molecule has 0 aromatic heterocycles. The minimum absolute atomic E-state index is 0.325. The van der Waals surface area contributed by atoms with Gasteiger partial charge in [0.25, 0.3) is 0 Å². The molecule has 0 unspecified atom stereocenters. The standard InChI is InChI=1S/C16H24N2O2/c1-5-9-10(6-2)12(8-4)14(16(18)20)13(15(17)19)11(9)7-3/h5-8H2,1-4H3,(H2,17,19)(H2,18,20). The van der Waals surface area contributed by atoms with Crippen molar-refractivity contribution in [1.29, 1.82) is 0 Å². The topological polar surface area (TPSA) is 86.2 Å².